The summed E-state index contributed by atoms with van der Waals surface area (Å²) in [6.07, 6.45) is 3.67. The minimum absolute atomic E-state index is 0.160. The van der Waals surface area contributed by atoms with Gasteiger partial charge in [-0.2, -0.15) is 5.26 Å². The van der Waals surface area contributed by atoms with E-state index in [0.717, 1.165) is 27.4 Å². The zero-order valence-corrected chi connectivity index (χ0v) is 15.6. The van der Waals surface area contributed by atoms with Crippen LogP contribution >= 0.6 is 0 Å². The van der Waals surface area contributed by atoms with Crippen molar-refractivity contribution >= 4 is 44.8 Å². The molecular formula is C23H16N4O2. The van der Waals surface area contributed by atoms with E-state index in [1.165, 1.54) is 0 Å². The van der Waals surface area contributed by atoms with E-state index < -0.39 is 11.8 Å². The number of imide groups is 1. The van der Waals surface area contributed by atoms with Crippen molar-refractivity contribution < 1.29 is 9.59 Å². The van der Waals surface area contributed by atoms with Gasteiger partial charge in [0.25, 0.3) is 11.8 Å². The van der Waals surface area contributed by atoms with Crippen molar-refractivity contribution in [2.45, 2.75) is 6.54 Å². The molecule has 6 nitrogen and oxygen atoms in total. The van der Waals surface area contributed by atoms with E-state index in [1.807, 2.05) is 66.3 Å². The number of rotatable bonds is 3. The van der Waals surface area contributed by atoms with Gasteiger partial charge in [0.05, 0.1) is 17.2 Å². The molecule has 0 bridgehead atoms. The van der Waals surface area contributed by atoms with Crippen molar-refractivity contribution in [2.24, 2.45) is 7.05 Å². The molecule has 29 heavy (non-hydrogen) atoms. The Balaban J connectivity index is 1.86. The number of aryl methyl sites for hydroxylation is 1. The molecule has 0 saturated heterocycles. The molecule has 2 aromatic carbocycles. The molecule has 0 atom stereocenters. The summed E-state index contributed by atoms with van der Waals surface area (Å²) in [5, 5.41) is 13.4. The topological polar surface area (TPSA) is 79.8 Å². The molecule has 0 radical (unpaired) electrons. The minimum atomic E-state index is -0.419. The van der Waals surface area contributed by atoms with Crippen LogP contribution in [0.3, 0.4) is 0 Å². The van der Waals surface area contributed by atoms with E-state index in [-0.39, 0.29) is 6.54 Å². The molecule has 1 N–H and O–H groups in total. The molecule has 3 heterocycles. The number of carbonyl (C=O) groups excluding carboxylic acids is 2. The zero-order valence-electron chi connectivity index (χ0n) is 15.6. The van der Waals surface area contributed by atoms with Crippen LogP contribution in [0, 0.1) is 11.3 Å². The van der Waals surface area contributed by atoms with Gasteiger partial charge in [0.15, 0.2) is 0 Å². The summed E-state index contributed by atoms with van der Waals surface area (Å²) in [7, 11) is 1.92. The van der Waals surface area contributed by atoms with Crippen molar-refractivity contribution in [2.75, 3.05) is 0 Å². The second-order valence-corrected chi connectivity index (χ2v) is 7.05. The van der Waals surface area contributed by atoms with Crippen LogP contribution in [0.5, 0.6) is 0 Å². The molecule has 0 spiro atoms. The largest absolute Gasteiger partial charge is 0.350 e. The van der Waals surface area contributed by atoms with Gasteiger partial charge in [0.1, 0.15) is 6.54 Å². The third-order valence-corrected chi connectivity index (χ3v) is 5.40. The van der Waals surface area contributed by atoms with E-state index >= 15 is 0 Å². The van der Waals surface area contributed by atoms with Gasteiger partial charge in [-0.1, -0.05) is 36.4 Å². The van der Waals surface area contributed by atoms with Gasteiger partial charge in [0.2, 0.25) is 0 Å². The first kappa shape index (κ1) is 17.0. The SMILES string of the molecule is Cn1cc(C2=C(c3cn(CC#N)c4ccccc34)C(=O)NC2=O)c2ccccc21. The Hall–Kier alpha value is -4.11. The number of fused-ring (bicyclic) bond motifs is 2. The first-order chi connectivity index (χ1) is 14.1. The van der Waals surface area contributed by atoms with Gasteiger partial charge in [-0.05, 0) is 12.1 Å². The molecule has 0 aliphatic carbocycles. The summed E-state index contributed by atoms with van der Waals surface area (Å²) in [6.45, 7) is 0.160. The summed E-state index contributed by atoms with van der Waals surface area (Å²) in [5.74, 6) is -0.823. The van der Waals surface area contributed by atoms with Crippen molar-refractivity contribution in [3.8, 4) is 6.07 Å². The molecule has 1 aliphatic rings. The van der Waals surface area contributed by atoms with Gasteiger partial charge >= 0.3 is 0 Å². The number of para-hydroxylation sites is 2. The Bertz CT molecular complexity index is 1410. The number of hydrogen-bond acceptors (Lipinski definition) is 3. The quantitative estimate of drug-likeness (QED) is 0.554. The number of nitriles is 1. The summed E-state index contributed by atoms with van der Waals surface area (Å²) in [6, 6.07) is 17.5. The fourth-order valence-corrected chi connectivity index (χ4v) is 4.16. The molecule has 0 saturated carbocycles. The maximum absolute atomic E-state index is 12.9. The summed E-state index contributed by atoms with van der Waals surface area (Å²) in [4.78, 5) is 25.7. The van der Waals surface area contributed by atoms with Crippen LogP contribution in [0.25, 0.3) is 33.0 Å². The maximum Gasteiger partial charge on any atom is 0.259 e. The van der Waals surface area contributed by atoms with Crippen LogP contribution in [0.15, 0.2) is 60.9 Å². The zero-order chi connectivity index (χ0) is 20.1. The average Bonchev–Trinajstić information content (AvgIpc) is 3.34. The molecule has 2 aromatic heterocycles. The molecule has 1 aliphatic heterocycles. The van der Waals surface area contributed by atoms with Crippen molar-refractivity contribution in [3.05, 3.63) is 72.1 Å². The third kappa shape index (κ3) is 2.41. The second-order valence-electron chi connectivity index (χ2n) is 7.05. The van der Waals surface area contributed by atoms with Gasteiger partial charge < -0.3 is 9.13 Å². The predicted octanol–water partition coefficient (Wildman–Crippen LogP) is 3.22. The molecule has 5 rings (SSSR count). The molecule has 2 amide bonds. The Labute approximate surface area is 166 Å². The molecular weight excluding hydrogens is 364 g/mol. The Morgan fingerprint density at radius 2 is 1.41 bits per heavy atom. The monoisotopic (exact) mass is 380 g/mol. The summed E-state index contributed by atoms with van der Waals surface area (Å²) >= 11 is 0. The van der Waals surface area contributed by atoms with E-state index in [9.17, 15) is 14.9 Å². The highest BCUT2D eigenvalue weighted by molar-refractivity contribution is 6.50. The number of carbonyl (C=O) groups is 2. The first-order valence-electron chi connectivity index (χ1n) is 9.19. The lowest BCUT2D eigenvalue weighted by molar-refractivity contribution is -0.122. The van der Waals surface area contributed by atoms with Gasteiger partial charge in [-0.15, -0.1) is 0 Å². The third-order valence-electron chi connectivity index (χ3n) is 5.40. The van der Waals surface area contributed by atoms with Crippen LogP contribution in [0.4, 0.5) is 0 Å². The standard InChI is InChI=1S/C23H16N4O2/c1-26-12-16(14-6-2-4-8-18(14)26)20-21(23(29)25-22(20)28)17-13-27(11-10-24)19-9-5-3-7-15(17)19/h2-9,12-13H,11H2,1H3,(H,25,28,29). The number of amides is 2. The van der Waals surface area contributed by atoms with Crippen LogP contribution in [-0.2, 0) is 23.2 Å². The van der Waals surface area contributed by atoms with Gasteiger partial charge in [-0.3, -0.25) is 14.9 Å². The molecule has 4 aromatic rings. The lowest BCUT2D eigenvalue weighted by Gasteiger charge is -2.03. The number of aromatic nitrogens is 2. The predicted molar refractivity (Wildman–Crippen MR) is 110 cm³/mol. The Kier molecular flexibility index (Phi) is 3.65. The highest BCUT2D eigenvalue weighted by Gasteiger charge is 2.35. The number of hydrogen-bond donors (Lipinski definition) is 1. The fraction of sp³-hybridized carbons (Fsp3) is 0.0870. The maximum atomic E-state index is 12.9. The Morgan fingerprint density at radius 3 is 2.07 bits per heavy atom. The molecule has 140 valence electrons. The van der Waals surface area contributed by atoms with Crippen LogP contribution in [0.1, 0.15) is 11.1 Å². The van der Waals surface area contributed by atoms with E-state index in [4.69, 9.17) is 0 Å². The highest BCUT2D eigenvalue weighted by Crippen LogP contribution is 2.38. The highest BCUT2D eigenvalue weighted by atomic mass is 16.2. The van der Waals surface area contributed by atoms with Crippen molar-refractivity contribution in [3.63, 3.8) is 0 Å². The Morgan fingerprint density at radius 1 is 0.862 bits per heavy atom. The number of nitrogens with one attached hydrogen (secondary N) is 1. The first-order valence-corrected chi connectivity index (χ1v) is 9.19. The molecule has 6 heteroatoms. The van der Waals surface area contributed by atoms with Crippen LogP contribution in [-0.4, -0.2) is 20.9 Å². The summed E-state index contributed by atoms with van der Waals surface area (Å²) in [5.41, 5.74) is 3.92. The van der Waals surface area contributed by atoms with Crippen molar-refractivity contribution in [1.29, 1.82) is 5.26 Å². The lowest BCUT2D eigenvalue weighted by atomic mass is 9.95. The van der Waals surface area contributed by atoms with E-state index in [1.54, 1.807) is 10.8 Å². The van der Waals surface area contributed by atoms with Crippen molar-refractivity contribution in [1.82, 2.24) is 14.5 Å². The van der Waals surface area contributed by atoms with Crippen LogP contribution in [0.2, 0.25) is 0 Å². The average molecular weight is 380 g/mol. The molecule has 0 unspecified atom stereocenters. The normalized spacial score (nSPS) is 14.1. The minimum Gasteiger partial charge on any atom is -0.350 e. The summed E-state index contributed by atoms with van der Waals surface area (Å²) < 4.78 is 3.75. The van der Waals surface area contributed by atoms with E-state index in [0.29, 0.717) is 16.7 Å². The van der Waals surface area contributed by atoms with Gasteiger partial charge in [-0.25, -0.2) is 0 Å². The lowest BCUT2D eigenvalue weighted by Crippen LogP contribution is -2.22. The number of nitrogens with zero attached hydrogens (tertiary/aromatic N) is 3. The fourth-order valence-electron chi connectivity index (χ4n) is 4.16. The van der Waals surface area contributed by atoms with Crippen LogP contribution < -0.4 is 5.32 Å². The molecule has 0 fully saturated rings. The van der Waals surface area contributed by atoms with Gasteiger partial charge in [0, 0.05) is 52.4 Å². The second kappa shape index (κ2) is 6.21. The van der Waals surface area contributed by atoms with E-state index in [2.05, 4.69) is 11.4 Å². The number of benzene rings is 2. The smallest absolute Gasteiger partial charge is 0.259 e.